The fourth-order valence-corrected chi connectivity index (χ4v) is 1.88. The molecule has 0 radical (unpaired) electrons. The summed E-state index contributed by atoms with van der Waals surface area (Å²) in [5.41, 5.74) is 0. The third kappa shape index (κ3) is 5.54. The predicted molar refractivity (Wildman–Crippen MR) is 65.0 cm³/mol. The molecule has 0 saturated heterocycles. The van der Waals surface area contributed by atoms with Crippen molar-refractivity contribution in [3.63, 3.8) is 0 Å². The van der Waals surface area contributed by atoms with Gasteiger partial charge in [-0.2, -0.15) is 0 Å². The van der Waals surface area contributed by atoms with Gasteiger partial charge in [-0.15, -0.1) is 0 Å². The van der Waals surface area contributed by atoms with Crippen molar-refractivity contribution in [1.29, 1.82) is 0 Å². The van der Waals surface area contributed by atoms with Gasteiger partial charge in [0.05, 0.1) is 6.61 Å². The first kappa shape index (κ1) is 15.2. The second kappa shape index (κ2) is 6.92. The molecular weight excluding hydrogens is 252 g/mol. The molecule has 19 heavy (non-hydrogen) atoms. The summed E-state index contributed by atoms with van der Waals surface area (Å²) in [6.07, 6.45) is 2.77. The zero-order valence-electron chi connectivity index (χ0n) is 11.3. The second-order valence-corrected chi connectivity index (χ2v) is 4.41. The average molecular weight is 270 g/mol. The summed E-state index contributed by atoms with van der Waals surface area (Å²) >= 11 is 0. The lowest BCUT2D eigenvalue weighted by atomic mass is 9.92. The standard InChI is InChI=1S/C13H18O6/c1-8(14)17-7-11-4-5-12(18-9(2)15)13(6-11)19-10(3)16/h4-5,11-13H,6-7H2,1-3H3/t11-,12+,13+/m1/s1. The normalized spacial score (nSPS) is 25.5. The number of hydrogen-bond acceptors (Lipinski definition) is 6. The van der Waals surface area contributed by atoms with Crippen molar-refractivity contribution in [2.45, 2.75) is 39.4 Å². The van der Waals surface area contributed by atoms with Crippen LogP contribution < -0.4 is 0 Å². The molecule has 0 saturated carbocycles. The van der Waals surface area contributed by atoms with Crippen molar-refractivity contribution in [3.8, 4) is 0 Å². The smallest absolute Gasteiger partial charge is 0.303 e. The minimum Gasteiger partial charge on any atom is -0.465 e. The highest BCUT2D eigenvalue weighted by molar-refractivity contribution is 5.67. The number of carbonyl (C=O) groups is 3. The zero-order chi connectivity index (χ0) is 14.4. The van der Waals surface area contributed by atoms with Crippen LogP contribution in [0.25, 0.3) is 0 Å². The summed E-state index contributed by atoms with van der Waals surface area (Å²) in [6, 6.07) is 0. The molecule has 0 bridgehead atoms. The van der Waals surface area contributed by atoms with Crippen LogP contribution in [-0.2, 0) is 28.6 Å². The van der Waals surface area contributed by atoms with Gasteiger partial charge in [-0.1, -0.05) is 6.08 Å². The topological polar surface area (TPSA) is 78.9 Å². The third-order valence-corrected chi connectivity index (χ3v) is 2.59. The van der Waals surface area contributed by atoms with Crippen LogP contribution in [0.15, 0.2) is 12.2 Å². The van der Waals surface area contributed by atoms with Crippen molar-refractivity contribution in [3.05, 3.63) is 12.2 Å². The fourth-order valence-electron chi connectivity index (χ4n) is 1.88. The van der Waals surface area contributed by atoms with E-state index in [1.807, 2.05) is 0 Å². The van der Waals surface area contributed by atoms with Crippen LogP contribution in [-0.4, -0.2) is 36.7 Å². The molecule has 6 nitrogen and oxygen atoms in total. The maximum absolute atomic E-state index is 11.0. The number of ether oxygens (including phenoxy) is 3. The van der Waals surface area contributed by atoms with E-state index in [9.17, 15) is 14.4 Å². The largest absolute Gasteiger partial charge is 0.465 e. The lowest BCUT2D eigenvalue weighted by Crippen LogP contribution is -2.38. The first-order valence-electron chi connectivity index (χ1n) is 6.04. The second-order valence-electron chi connectivity index (χ2n) is 4.41. The van der Waals surface area contributed by atoms with E-state index < -0.39 is 24.1 Å². The maximum atomic E-state index is 11.0. The Morgan fingerprint density at radius 2 is 1.63 bits per heavy atom. The van der Waals surface area contributed by atoms with Crippen LogP contribution in [0, 0.1) is 5.92 Å². The van der Waals surface area contributed by atoms with Gasteiger partial charge in [-0.25, -0.2) is 0 Å². The van der Waals surface area contributed by atoms with Crippen LogP contribution in [0.4, 0.5) is 0 Å². The SMILES string of the molecule is CC(=O)OC[C@@H]1C=C[C@H](OC(C)=O)[C@@H](OC(C)=O)C1. The molecule has 0 aromatic rings. The van der Waals surface area contributed by atoms with E-state index in [0.717, 1.165) is 0 Å². The summed E-state index contributed by atoms with van der Waals surface area (Å²) in [7, 11) is 0. The van der Waals surface area contributed by atoms with Gasteiger partial charge in [-0.05, 0) is 12.5 Å². The molecule has 0 aromatic carbocycles. The number of rotatable bonds is 4. The summed E-state index contributed by atoms with van der Waals surface area (Å²) in [4.78, 5) is 32.8. The Hall–Kier alpha value is -1.85. The van der Waals surface area contributed by atoms with Gasteiger partial charge >= 0.3 is 17.9 Å². The lowest BCUT2D eigenvalue weighted by Gasteiger charge is -2.30. The molecule has 3 atom stereocenters. The molecule has 6 heteroatoms. The molecule has 0 spiro atoms. The molecule has 1 aliphatic carbocycles. The van der Waals surface area contributed by atoms with E-state index in [-0.39, 0.29) is 18.5 Å². The summed E-state index contributed by atoms with van der Waals surface area (Å²) in [6.45, 7) is 4.14. The average Bonchev–Trinajstić information content (AvgIpc) is 2.28. The Morgan fingerprint density at radius 3 is 2.16 bits per heavy atom. The summed E-state index contributed by atoms with van der Waals surface area (Å²) < 4.78 is 15.1. The molecule has 1 rings (SSSR count). The first-order chi connectivity index (χ1) is 8.88. The maximum Gasteiger partial charge on any atom is 0.303 e. The third-order valence-electron chi connectivity index (χ3n) is 2.59. The molecule has 0 unspecified atom stereocenters. The van der Waals surface area contributed by atoms with E-state index in [0.29, 0.717) is 6.42 Å². The first-order valence-corrected chi connectivity index (χ1v) is 6.04. The number of esters is 3. The van der Waals surface area contributed by atoms with Crippen LogP contribution in [0.1, 0.15) is 27.2 Å². The highest BCUT2D eigenvalue weighted by Crippen LogP contribution is 2.23. The highest BCUT2D eigenvalue weighted by atomic mass is 16.6. The minimum atomic E-state index is -0.588. The quantitative estimate of drug-likeness (QED) is 0.430. The van der Waals surface area contributed by atoms with E-state index >= 15 is 0 Å². The Bertz CT molecular complexity index is 387. The van der Waals surface area contributed by atoms with Crippen molar-refractivity contribution >= 4 is 17.9 Å². The molecule has 0 aromatic heterocycles. The van der Waals surface area contributed by atoms with Gasteiger partial charge < -0.3 is 14.2 Å². The van der Waals surface area contributed by atoms with Gasteiger partial charge in [0.1, 0.15) is 6.10 Å². The zero-order valence-corrected chi connectivity index (χ0v) is 11.3. The summed E-state index contributed by atoms with van der Waals surface area (Å²) in [5.74, 6) is -1.30. The van der Waals surface area contributed by atoms with Gasteiger partial charge in [0.15, 0.2) is 6.10 Å². The molecule has 0 N–H and O–H groups in total. The van der Waals surface area contributed by atoms with Gasteiger partial charge in [-0.3, -0.25) is 14.4 Å². The Morgan fingerprint density at radius 1 is 1.00 bits per heavy atom. The molecule has 106 valence electrons. The van der Waals surface area contributed by atoms with E-state index in [1.165, 1.54) is 20.8 Å². The highest BCUT2D eigenvalue weighted by Gasteiger charge is 2.31. The molecule has 0 aliphatic heterocycles. The summed E-state index contributed by atoms with van der Waals surface area (Å²) in [5, 5.41) is 0. The van der Waals surface area contributed by atoms with Crippen molar-refractivity contribution < 1.29 is 28.6 Å². The Balaban J connectivity index is 2.66. The Kier molecular flexibility index (Phi) is 5.54. The van der Waals surface area contributed by atoms with Gasteiger partial charge in [0, 0.05) is 26.7 Å². The van der Waals surface area contributed by atoms with Crippen LogP contribution in [0.2, 0.25) is 0 Å². The minimum absolute atomic E-state index is 0.0555. The Labute approximate surface area is 111 Å². The van der Waals surface area contributed by atoms with Crippen molar-refractivity contribution in [2.75, 3.05) is 6.61 Å². The monoisotopic (exact) mass is 270 g/mol. The van der Waals surface area contributed by atoms with Crippen LogP contribution in [0.5, 0.6) is 0 Å². The van der Waals surface area contributed by atoms with E-state index in [2.05, 4.69) is 0 Å². The van der Waals surface area contributed by atoms with E-state index in [1.54, 1.807) is 12.2 Å². The van der Waals surface area contributed by atoms with Crippen LogP contribution >= 0.6 is 0 Å². The predicted octanol–water partition coefficient (Wildman–Crippen LogP) is 0.989. The van der Waals surface area contributed by atoms with Crippen LogP contribution in [0.3, 0.4) is 0 Å². The molecular formula is C13H18O6. The molecule has 0 amide bonds. The van der Waals surface area contributed by atoms with Gasteiger partial charge in [0.2, 0.25) is 0 Å². The fraction of sp³-hybridized carbons (Fsp3) is 0.615. The molecule has 1 aliphatic rings. The number of hydrogen-bond donors (Lipinski definition) is 0. The van der Waals surface area contributed by atoms with Crippen molar-refractivity contribution in [1.82, 2.24) is 0 Å². The molecule has 0 fully saturated rings. The molecule has 0 heterocycles. The number of carbonyl (C=O) groups excluding carboxylic acids is 3. The lowest BCUT2D eigenvalue weighted by molar-refractivity contribution is -0.164. The van der Waals surface area contributed by atoms with Gasteiger partial charge in [0.25, 0.3) is 0 Å². The van der Waals surface area contributed by atoms with E-state index in [4.69, 9.17) is 14.2 Å². The van der Waals surface area contributed by atoms with Crippen molar-refractivity contribution in [2.24, 2.45) is 5.92 Å².